The van der Waals surface area contributed by atoms with Crippen LogP contribution in [0, 0.1) is 0 Å². The predicted octanol–water partition coefficient (Wildman–Crippen LogP) is 3.35. The maximum Gasteiger partial charge on any atom is 0.276 e. The third kappa shape index (κ3) is 5.25. The molecule has 148 valence electrons. The van der Waals surface area contributed by atoms with Crippen LogP contribution in [0.3, 0.4) is 0 Å². The first kappa shape index (κ1) is 20.2. The molecule has 29 heavy (non-hydrogen) atoms. The van der Waals surface area contributed by atoms with E-state index < -0.39 is 5.91 Å². The van der Waals surface area contributed by atoms with Crippen LogP contribution in [-0.2, 0) is 12.0 Å². The van der Waals surface area contributed by atoms with Gasteiger partial charge in [-0.3, -0.25) is 14.6 Å². The van der Waals surface area contributed by atoms with Crippen LogP contribution < -0.4 is 11.0 Å². The molecule has 0 spiro atoms. The van der Waals surface area contributed by atoms with Crippen LogP contribution in [-0.4, -0.2) is 21.7 Å². The lowest BCUT2D eigenvalue weighted by Crippen LogP contribution is -2.30. The van der Waals surface area contributed by atoms with E-state index in [2.05, 4.69) is 48.4 Å². The van der Waals surface area contributed by atoms with Gasteiger partial charge in [0.25, 0.3) is 11.5 Å². The Balaban J connectivity index is 1.73. The van der Waals surface area contributed by atoms with Gasteiger partial charge in [-0.2, -0.15) is 5.10 Å². The summed E-state index contributed by atoms with van der Waals surface area (Å²) in [6.07, 6.45) is 4.73. The smallest absolute Gasteiger partial charge is 0.276 e. The van der Waals surface area contributed by atoms with Gasteiger partial charge >= 0.3 is 0 Å². The number of aromatic nitrogens is 2. The average molecular weight is 388 g/mol. The van der Waals surface area contributed by atoms with E-state index in [1.807, 2.05) is 18.2 Å². The molecule has 2 heterocycles. The highest BCUT2D eigenvalue weighted by Crippen LogP contribution is 2.22. The summed E-state index contributed by atoms with van der Waals surface area (Å²) < 4.78 is 1.52. The van der Waals surface area contributed by atoms with Crippen LogP contribution in [0.25, 0.3) is 0 Å². The lowest BCUT2D eigenvalue weighted by Gasteiger charge is -2.19. The van der Waals surface area contributed by atoms with Crippen molar-refractivity contribution < 1.29 is 4.79 Å². The van der Waals surface area contributed by atoms with Crippen molar-refractivity contribution in [2.75, 3.05) is 0 Å². The fourth-order valence-corrected chi connectivity index (χ4v) is 2.81. The molecule has 6 heteroatoms. The Morgan fingerprint density at radius 3 is 2.52 bits per heavy atom. The highest BCUT2D eigenvalue weighted by atomic mass is 16.2. The Kier molecular flexibility index (Phi) is 6.02. The molecule has 2 aromatic heterocycles. The minimum absolute atomic E-state index is 0.0389. The van der Waals surface area contributed by atoms with Gasteiger partial charge in [0.1, 0.15) is 5.56 Å². The molecule has 0 atom stereocenters. The molecule has 0 bridgehead atoms. The van der Waals surface area contributed by atoms with Crippen molar-refractivity contribution in [3.63, 3.8) is 0 Å². The summed E-state index contributed by atoms with van der Waals surface area (Å²) >= 11 is 0. The van der Waals surface area contributed by atoms with Crippen LogP contribution in [0.2, 0.25) is 0 Å². The number of hydrazone groups is 1. The van der Waals surface area contributed by atoms with Crippen molar-refractivity contribution in [2.24, 2.45) is 5.10 Å². The van der Waals surface area contributed by atoms with E-state index in [1.165, 1.54) is 22.4 Å². The lowest BCUT2D eigenvalue weighted by atomic mass is 9.87. The second-order valence-electron chi connectivity index (χ2n) is 7.76. The zero-order valence-corrected chi connectivity index (χ0v) is 16.8. The van der Waals surface area contributed by atoms with Gasteiger partial charge in [0.05, 0.1) is 18.5 Å². The number of carbonyl (C=O) groups is 1. The average Bonchev–Trinajstić information content (AvgIpc) is 2.70. The third-order valence-electron chi connectivity index (χ3n) is 4.49. The van der Waals surface area contributed by atoms with Gasteiger partial charge in [0, 0.05) is 12.4 Å². The van der Waals surface area contributed by atoms with Crippen LogP contribution in [0.5, 0.6) is 0 Å². The topological polar surface area (TPSA) is 76.3 Å². The number of rotatable bonds is 5. The van der Waals surface area contributed by atoms with Gasteiger partial charge in [0.2, 0.25) is 0 Å². The van der Waals surface area contributed by atoms with E-state index in [-0.39, 0.29) is 16.5 Å². The van der Waals surface area contributed by atoms with Crippen molar-refractivity contribution in [3.05, 3.63) is 99.7 Å². The largest absolute Gasteiger partial charge is 0.310 e. The zero-order chi connectivity index (χ0) is 20.9. The molecule has 0 aliphatic carbocycles. The molecule has 0 aliphatic heterocycles. The van der Waals surface area contributed by atoms with Crippen molar-refractivity contribution in [2.45, 2.75) is 32.7 Å². The van der Waals surface area contributed by atoms with Crippen LogP contribution >= 0.6 is 0 Å². The molecule has 0 saturated carbocycles. The van der Waals surface area contributed by atoms with Crippen LogP contribution in [0.15, 0.2) is 76.9 Å². The number of nitrogens with zero attached hydrogens (tertiary/aromatic N) is 3. The molecular formula is C23H24N4O2. The fraction of sp³-hybridized carbons (Fsp3) is 0.217. The molecule has 1 N–H and O–H groups in total. The molecule has 1 amide bonds. The summed E-state index contributed by atoms with van der Waals surface area (Å²) in [7, 11) is 0. The summed E-state index contributed by atoms with van der Waals surface area (Å²) in [6, 6.07) is 16.7. The van der Waals surface area contributed by atoms with Gasteiger partial charge in [-0.15, -0.1) is 0 Å². The number of nitrogens with one attached hydrogen (secondary N) is 1. The second kappa shape index (κ2) is 8.65. The SMILES string of the molecule is CC(C)(C)c1ccc(Cn2cccc(C(=O)N/N=C\c3ccccn3)c2=O)cc1. The van der Waals surface area contributed by atoms with Crippen LogP contribution in [0.1, 0.15) is 48.0 Å². The van der Waals surface area contributed by atoms with Gasteiger partial charge in [-0.05, 0) is 40.8 Å². The molecule has 0 fully saturated rings. The first-order valence-corrected chi connectivity index (χ1v) is 9.38. The summed E-state index contributed by atoms with van der Waals surface area (Å²) in [4.78, 5) is 29.2. The van der Waals surface area contributed by atoms with E-state index in [1.54, 1.807) is 30.6 Å². The van der Waals surface area contributed by atoms with Gasteiger partial charge in [-0.1, -0.05) is 51.1 Å². The Labute approximate surface area is 169 Å². The van der Waals surface area contributed by atoms with E-state index in [0.717, 1.165) is 5.56 Å². The summed E-state index contributed by atoms with van der Waals surface area (Å²) in [5.74, 6) is -0.556. The molecule has 0 aliphatic rings. The van der Waals surface area contributed by atoms with Gasteiger partial charge in [0.15, 0.2) is 0 Å². The maximum atomic E-state index is 12.7. The highest BCUT2D eigenvalue weighted by molar-refractivity contribution is 5.94. The number of amides is 1. The number of hydrogen-bond donors (Lipinski definition) is 1. The number of pyridine rings is 2. The Bertz CT molecular complexity index is 1060. The quantitative estimate of drug-likeness (QED) is 0.538. The molecule has 0 radical (unpaired) electrons. The standard InChI is InChI=1S/C23H24N4O2/c1-23(2,3)18-11-9-17(10-12-18)16-27-14-6-8-20(22(27)29)21(28)26-25-15-19-7-4-5-13-24-19/h4-15H,16H2,1-3H3,(H,26,28)/b25-15-. The lowest BCUT2D eigenvalue weighted by molar-refractivity contribution is 0.0953. The summed E-state index contributed by atoms with van der Waals surface area (Å²) in [6.45, 7) is 6.86. The Morgan fingerprint density at radius 1 is 1.10 bits per heavy atom. The Morgan fingerprint density at radius 2 is 1.86 bits per heavy atom. The first-order chi connectivity index (χ1) is 13.8. The van der Waals surface area contributed by atoms with E-state index in [9.17, 15) is 9.59 Å². The first-order valence-electron chi connectivity index (χ1n) is 9.38. The molecule has 3 rings (SSSR count). The third-order valence-corrected chi connectivity index (χ3v) is 4.49. The van der Waals surface area contributed by atoms with E-state index >= 15 is 0 Å². The van der Waals surface area contributed by atoms with Crippen molar-refractivity contribution in [1.29, 1.82) is 0 Å². The summed E-state index contributed by atoms with van der Waals surface area (Å²) in [5.41, 5.74) is 4.96. The maximum absolute atomic E-state index is 12.7. The van der Waals surface area contributed by atoms with Crippen molar-refractivity contribution in [3.8, 4) is 0 Å². The molecule has 6 nitrogen and oxygen atoms in total. The molecule has 1 aromatic carbocycles. The zero-order valence-electron chi connectivity index (χ0n) is 16.8. The fourth-order valence-electron chi connectivity index (χ4n) is 2.81. The monoisotopic (exact) mass is 388 g/mol. The minimum Gasteiger partial charge on any atom is -0.310 e. The van der Waals surface area contributed by atoms with Crippen LogP contribution in [0.4, 0.5) is 0 Å². The Hall–Kier alpha value is -3.54. The molecular weight excluding hydrogens is 364 g/mol. The van der Waals surface area contributed by atoms with Gasteiger partial charge < -0.3 is 4.57 Å². The van der Waals surface area contributed by atoms with E-state index in [4.69, 9.17) is 0 Å². The number of carbonyl (C=O) groups excluding carboxylic acids is 1. The van der Waals surface area contributed by atoms with E-state index in [0.29, 0.717) is 12.2 Å². The predicted molar refractivity (Wildman–Crippen MR) is 114 cm³/mol. The normalized spacial score (nSPS) is 11.6. The highest BCUT2D eigenvalue weighted by Gasteiger charge is 2.14. The summed E-state index contributed by atoms with van der Waals surface area (Å²) in [5, 5.41) is 3.87. The molecule has 0 saturated heterocycles. The van der Waals surface area contributed by atoms with Crippen molar-refractivity contribution in [1.82, 2.24) is 15.0 Å². The molecule has 0 unspecified atom stereocenters. The number of hydrogen-bond acceptors (Lipinski definition) is 4. The van der Waals surface area contributed by atoms with Crippen molar-refractivity contribution >= 4 is 12.1 Å². The minimum atomic E-state index is -0.556. The number of benzene rings is 1. The van der Waals surface area contributed by atoms with Gasteiger partial charge in [-0.25, -0.2) is 5.43 Å². The molecule has 3 aromatic rings. The second-order valence-corrected chi connectivity index (χ2v) is 7.76.